The number of carbonyl (C=O) groups excluding carboxylic acids is 1. The van der Waals surface area contributed by atoms with Crippen LogP contribution in [0, 0.1) is 0 Å². The van der Waals surface area contributed by atoms with Crippen molar-refractivity contribution in [2.24, 2.45) is 0 Å². The summed E-state index contributed by atoms with van der Waals surface area (Å²) in [5, 5.41) is 13.4. The highest BCUT2D eigenvalue weighted by molar-refractivity contribution is 5.97. The molecular formula is C14H18N2O3. The third-order valence-corrected chi connectivity index (χ3v) is 3.89. The first kappa shape index (κ1) is 12.4. The van der Waals surface area contributed by atoms with Gasteiger partial charge in [-0.25, -0.2) is 0 Å². The van der Waals surface area contributed by atoms with E-state index in [0.29, 0.717) is 18.8 Å². The summed E-state index contributed by atoms with van der Waals surface area (Å²) < 4.78 is 5.45. The van der Waals surface area contributed by atoms with E-state index in [1.54, 1.807) is 23.1 Å². The molecule has 5 heteroatoms. The molecule has 102 valence electrons. The number of anilines is 1. The number of nitrogens with zero attached hydrogens (tertiary/aromatic N) is 1. The van der Waals surface area contributed by atoms with E-state index in [0.717, 1.165) is 19.4 Å². The van der Waals surface area contributed by atoms with Crippen LogP contribution in [-0.4, -0.2) is 42.9 Å². The van der Waals surface area contributed by atoms with Crippen molar-refractivity contribution in [2.45, 2.75) is 18.4 Å². The number of piperidine rings is 1. The molecule has 0 saturated carbocycles. The molecule has 19 heavy (non-hydrogen) atoms. The number of ether oxygens (including phenoxy) is 1. The molecule has 2 N–H and O–H groups in total. The summed E-state index contributed by atoms with van der Waals surface area (Å²) in [7, 11) is 0. The van der Waals surface area contributed by atoms with Crippen molar-refractivity contribution in [1.29, 1.82) is 0 Å². The lowest BCUT2D eigenvalue weighted by Gasteiger charge is -2.48. The summed E-state index contributed by atoms with van der Waals surface area (Å²) in [6.07, 6.45) is 1.89. The van der Waals surface area contributed by atoms with Gasteiger partial charge in [-0.15, -0.1) is 0 Å². The van der Waals surface area contributed by atoms with E-state index in [1.807, 2.05) is 6.07 Å². The standard InChI is InChI=1S/C14H18N2O3/c17-12-5-2-1-4-11(12)16-13(18)8-19-10-14(16)6-3-7-15-9-14/h1-2,4-5,15,17H,3,6-10H2. The highest BCUT2D eigenvalue weighted by atomic mass is 16.5. The van der Waals surface area contributed by atoms with Gasteiger partial charge in [-0.3, -0.25) is 9.69 Å². The van der Waals surface area contributed by atoms with E-state index in [9.17, 15) is 9.90 Å². The van der Waals surface area contributed by atoms with Gasteiger partial charge in [-0.2, -0.15) is 0 Å². The Morgan fingerprint density at radius 2 is 2.21 bits per heavy atom. The Hall–Kier alpha value is -1.59. The van der Waals surface area contributed by atoms with Crippen molar-refractivity contribution in [1.82, 2.24) is 5.32 Å². The minimum atomic E-state index is -0.369. The number of para-hydroxylation sites is 2. The summed E-state index contributed by atoms with van der Waals surface area (Å²) in [5.74, 6) is 0.0548. The number of nitrogens with one attached hydrogen (secondary N) is 1. The van der Waals surface area contributed by atoms with Crippen molar-refractivity contribution < 1.29 is 14.6 Å². The topological polar surface area (TPSA) is 61.8 Å². The molecule has 0 radical (unpaired) electrons. The van der Waals surface area contributed by atoms with E-state index >= 15 is 0 Å². The first-order valence-electron chi connectivity index (χ1n) is 6.62. The third-order valence-electron chi connectivity index (χ3n) is 3.89. The molecule has 1 aromatic rings. The molecule has 2 aliphatic rings. The zero-order chi connectivity index (χ0) is 13.3. The fourth-order valence-electron chi connectivity index (χ4n) is 3.03. The molecule has 1 spiro atoms. The maximum atomic E-state index is 12.3. The lowest BCUT2D eigenvalue weighted by atomic mass is 9.87. The second kappa shape index (κ2) is 4.83. The average molecular weight is 262 g/mol. The van der Waals surface area contributed by atoms with Crippen LogP contribution in [0.3, 0.4) is 0 Å². The van der Waals surface area contributed by atoms with Gasteiger partial charge in [0.05, 0.1) is 17.8 Å². The van der Waals surface area contributed by atoms with Crippen LogP contribution in [0.25, 0.3) is 0 Å². The molecule has 1 atom stereocenters. The van der Waals surface area contributed by atoms with Gasteiger partial charge in [-0.05, 0) is 31.5 Å². The number of phenols is 1. The smallest absolute Gasteiger partial charge is 0.253 e. The molecule has 0 bridgehead atoms. The Balaban J connectivity index is 2.03. The molecule has 0 aromatic heterocycles. The van der Waals surface area contributed by atoms with Gasteiger partial charge >= 0.3 is 0 Å². The molecule has 2 aliphatic heterocycles. The van der Waals surface area contributed by atoms with E-state index in [4.69, 9.17) is 4.74 Å². The van der Waals surface area contributed by atoms with Crippen LogP contribution in [0.2, 0.25) is 0 Å². The summed E-state index contributed by atoms with van der Waals surface area (Å²) in [6.45, 7) is 2.26. The molecule has 2 heterocycles. The molecule has 2 fully saturated rings. The fourth-order valence-corrected chi connectivity index (χ4v) is 3.03. The monoisotopic (exact) mass is 262 g/mol. The molecular weight excluding hydrogens is 244 g/mol. The van der Waals surface area contributed by atoms with Gasteiger partial charge in [0.15, 0.2) is 0 Å². The second-order valence-corrected chi connectivity index (χ2v) is 5.22. The number of hydrogen-bond acceptors (Lipinski definition) is 4. The lowest BCUT2D eigenvalue weighted by molar-refractivity contribution is -0.130. The molecule has 1 aromatic carbocycles. The van der Waals surface area contributed by atoms with Gasteiger partial charge in [0.25, 0.3) is 5.91 Å². The third kappa shape index (κ3) is 2.09. The van der Waals surface area contributed by atoms with Crippen LogP contribution < -0.4 is 10.2 Å². The summed E-state index contributed by atoms with van der Waals surface area (Å²) in [6, 6.07) is 6.99. The number of hydrogen-bond donors (Lipinski definition) is 2. The van der Waals surface area contributed by atoms with Crippen molar-refractivity contribution in [3.63, 3.8) is 0 Å². The van der Waals surface area contributed by atoms with E-state index in [2.05, 4.69) is 5.32 Å². The van der Waals surface area contributed by atoms with Crippen molar-refractivity contribution in [2.75, 3.05) is 31.2 Å². The van der Waals surface area contributed by atoms with Crippen LogP contribution in [0.15, 0.2) is 24.3 Å². The number of amides is 1. The number of phenolic OH excluding ortho intramolecular Hbond substituents is 1. The van der Waals surface area contributed by atoms with Gasteiger partial charge < -0.3 is 15.2 Å². The Kier molecular flexibility index (Phi) is 3.16. The fraction of sp³-hybridized carbons (Fsp3) is 0.500. The normalized spacial score (nSPS) is 27.8. The van der Waals surface area contributed by atoms with E-state index < -0.39 is 0 Å². The second-order valence-electron chi connectivity index (χ2n) is 5.22. The van der Waals surface area contributed by atoms with Gasteiger partial charge in [0.2, 0.25) is 0 Å². The molecule has 1 unspecified atom stereocenters. The van der Waals surface area contributed by atoms with E-state index in [1.165, 1.54) is 0 Å². The summed E-state index contributed by atoms with van der Waals surface area (Å²) >= 11 is 0. The Morgan fingerprint density at radius 3 is 2.95 bits per heavy atom. The molecule has 0 aliphatic carbocycles. The molecule has 5 nitrogen and oxygen atoms in total. The minimum absolute atomic E-state index is 0.0794. The van der Waals surface area contributed by atoms with Crippen LogP contribution >= 0.6 is 0 Å². The van der Waals surface area contributed by atoms with Gasteiger partial charge in [0.1, 0.15) is 12.4 Å². The quantitative estimate of drug-likeness (QED) is 0.788. The Labute approximate surface area is 112 Å². The predicted octanol–water partition coefficient (Wildman–Crippen LogP) is 0.878. The summed E-state index contributed by atoms with van der Waals surface area (Å²) in [4.78, 5) is 14.0. The van der Waals surface area contributed by atoms with Crippen molar-refractivity contribution in [3.8, 4) is 5.75 Å². The average Bonchev–Trinajstić information content (AvgIpc) is 2.42. The van der Waals surface area contributed by atoms with Gasteiger partial charge in [0, 0.05) is 6.54 Å². The van der Waals surface area contributed by atoms with Crippen LogP contribution in [-0.2, 0) is 9.53 Å². The maximum absolute atomic E-state index is 12.3. The molecule has 1 amide bonds. The summed E-state index contributed by atoms with van der Waals surface area (Å²) in [5.41, 5.74) is 0.214. The van der Waals surface area contributed by atoms with Crippen LogP contribution in [0.5, 0.6) is 5.75 Å². The predicted molar refractivity (Wildman–Crippen MR) is 71.2 cm³/mol. The first-order chi connectivity index (χ1) is 9.23. The molecule has 3 rings (SSSR count). The van der Waals surface area contributed by atoms with Crippen molar-refractivity contribution in [3.05, 3.63) is 24.3 Å². The Bertz CT molecular complexity index is 478. The maximum Gasteiger partial charge on any atom is 0.253 e. The van der Waals surface area contributed by atoms with Crippen molar-refractivity contribution >= 4 is 11.6 Å². The SMILES string of the molecule is O=C1COCC2(CCCNC2)N1c1ccccc1O. The highest BCUT2D eigenvalue weighted by Crippen LogP contribution is 2.37. The number of carbonyl (C=O) groups is 1. The van der Waals surface area contributed by atoms with E-state index in [-0.39, 0.29) is 23.8 Å². The lowest BCUT2D eigenvalue weighted by Crippen LogP contribution is -2.66. The zero-order valence-electron chi connectivity index (χ0n) is 10.8. The number of morpholine rings is 1. The van der Waals surface area contributed by atoms with Crippen LogP contribution in [0.4, 0.5) is 5.69 Å². The van der Waals surface area contributed by atoms with Gasteiger partial charge in [-0.1, -0.05) is 12.1 Å². The number of aromatic hydroxyl groups is 1. The van der Waals surface area contributed by atoms with Crippen LogP contribution in [0.1, 0.15) is 12.8 Å². The molecule has 2 saturated heterocycles. The number of rotatable bonds is 1. The highest BCUT2D eigenvalue weighted by Gasteiger charge is 2.45. The minimum Gasteiger partial charge on any atom is -0.506 e. The largest absolute Gasteiger partial charge is 0.506 e. The zero-order valence-corrected chi connectivity index (χ0v) is 10.8. The number of benzene rings is 1. The Morgan fingerprint density at radius 1 is 1.37 bits per heavy atom. The first-order valence-corrected chi connectivity index (χ1v) is 6.62.